The number of allylic oxidation sites excluding steroid dienone is 1. The molecule has 0 saturated carbocycles. The van der Waals surface area contributed by atoms with Gasteiger partial charge >= 0.3 is 5.97 Å². The van der Waals surface area contributed by atoms with Crippen LogP contribution >= 0.6 is 0 Å². The lowest BCUT2D eigenvalue weighted by atomic mass is 10.0. The van der Waals surface area contributed by atoms with Crippen molar-refractivity contribution in [3.63, 3.8) is 0 Å². The van der Waals surface area contributed by atoms with E-state index in [1.165, 1.54) is 18.3 Å². The second-order valence-electron chi connectivity index (χ2n) is 3.26. The average molecular weight is 220 g/mol. The number of halogens is 1. The summed E-state index contributed by atoms with van der Waals surface area (Å²) in [6, 6.07) is 3.54. The van der Waals surface area contributed by atoms with Crippen LogP contribution in [-0.2, 0) is 0 Å². The standard InChI is InChI=1S/C11H9FN2O2/c12-7-2-3-8(11(15)16)9(6-7)10-13-4-1-5-14-10/h1-6,10,13H,(H,15,16). The molecule has 0 amide bonds. The number of rotatable bonds is 2. The molecule has 2 rings (SSSR count). The smallest absolute Gasteiger partial charge is 0.336 e. The van der Waals surface area contributed by atoms with E-state index in [0.29, 0.717) is 5.56 Å². The molecule has 0 spiro atoms. The van der Waals surface area contributed by atoms with Gasteiger partial charge in [-0.1, -0.05) is 0 Å². The van der Waals surface area contributed by atoms with Crippen LogP contribution in [0.1, 0.15) is 22.1 Å². The molecular weight excluding hydrogens is 211 g/mol. The Morgan fingerprint density at radius 2 is 2.31 bits per heavy atom. The van der Waals surface area contributed by atoms with Gasteiger partial charge < -0.3 is 10.4 Å². The largest absolute Gasteiger partial charge is 0.478 e. The van der Waals surface area contributed by atoms with Crippen molar-refractivity contribution >= 4 is 12.2 Å². The number of nitrogens with zero attached hydrogens (tertiary/aromatic N) is 1. The minimum atomic E-state index is -1.10. The molecule has 4 nitrogen and oxygen atoms in total. The van der Waals surface area contributed by atoms with Crippen molar-refractivity contribution in [2.75, 3.05) is 0 Å². The second-order valence-corrected chi connectivity index (χ2v) is 3.26. The van der Waals surface area contributed by atoms with Crippen molar-refractivity contribution in [2.45, 2.75) is 6.17 Å². The molecule has 1 heterocycles. The molecule has 82 valence electrons. The van der Waals surface area contributed by atoms with Crippen molar-refractivity contribution in [3.8, 4) is 0 Å². The van der Waals surface area contributed by atoms with E-state index < -0.39 is 18.0 Å². The number of nitrogens with one attached hydrogen (secondary N) is 1. The number of carboxylic acids is 1. The van der Waals surface area contributed by atoms with E-state index in [1.807, 2.05) is 0 Å². The molecule has 0 saturated heterocycles. The molecule has 1 aliphatic rings. The number of hydrogen-bond donors (Lipinski definition) is 2. The summed E-state index contributed by atoms with van der Waals surface area (Å²) in [5.41, 5.74) is 0.361. The number of carboxylic acid groups (broad SMARTS) is 1. The summed E-state index contributed by atoms with van der Waals surface area (Å²) in [5.74, 6) is -1.58. The van der Waals surface area contributed by atoms with E-state index in [0.717, 1.165) is 6.07 Å². The first kappa shape index (κ1) is 10.4. The summed E-state index contributed by atoms with van der Waals surface area (Å²) < 4.78 is 13.1. The highest BCUT2D eigenvalue weighted by atomic mass is 19.1. The lowest BCUT2D eigenvalue weighted by Crippen LogP contribution is -2.19. The van der Waals surface area contributed by atoms with Gasteiger partial charge in [0, 0.05) is 11.8 Å². The topological polar surface area (TPSA) is 61.7 Å². The van der Waals surface area contributed by atoms with Crippen molar-refractivity contribution in [3.05, 3.63) is 47.4 Å². The normalized spacial score (nSPS) is 18.2. The molecule has 1 aromatic rings. The molecule has 5 heteroatoms. The van der Waals surface area contributed by atoms with E-state index in [2.05, 4.69) is 10.3 Å². The Morgan fingerprint density at radius 1 is 1.50 bits per heavy atom. The van der Waals surface area contributed by atoms with Gasteiger partial charge in [-0.2, -0.15) is 0 Å². The van der Waals surface area contributed by atoms with Crippen LogP contribution in [0.25, 0.3) is 0 Å². The minimum absolute atomic E-state index is 0.0475. The van der Waals surface area contributed by atoms with Gasteiger partial charge in [0.15, 0.2) is 0 Å². The highest BCUT2D eigenvalue weighted by molar-refractivity contribution is 5.89. The monoisotopic (exact) mass is 220 g/mol. The Labute approximate surface area is 91.1 Å². The predicted octanol–water partition coefficient (Wildman–Crippen LogP) is 1.71. The van der Waals surface area contributed by atoms with Gasteiger partial charge in [-0.25, -0.2) is 9.18 Å². The average Bonchev–Trinajstić information content (AvgIpc) is 2.29. The van der Waals surface area contributed by atoms with Gasteiger partial charge in [0.25, 0.3) is 0 Å². The summed E-state index contributed by atoms with van der Waals surface area (Å²) in [5, 5.41) is 11.8. The van der Waals surface area contributed by atoms with Crippen molar-refractivity contribution in [1.29, 1.82) is 0 Å². The highest BCUT2D eigenvalue weighted by Crippen LogP contribution is 2.21. The Balaban J connectivity index is 2.45. The summed E-state index contributed by atoms with van der Waals surface area (Å²) in [6.45, 7) is 0. The summed E-state index contributed by atoms with van der Waals surface area (Å²) in [6.07, 6.45) is 4.30. The van der Waals surface area contributed by atoms with Crippen LogP contribution in [0.4, 0.5) is 4.39 Å². The SMILES string of the molecule is O=C(O)c1ccc(F)cc1C1N=CC=CN1. The third kappa shape index (κ3) is 1.93. The zero-order chi connectivity index (χ0) is 11.5. The van der Waals surface area contributed by atoms with E-state index in [4.69, 9.17) is 5.11 Å². The fourth-order valence-electron chi connectivity index (χ4n) is 1.49. The Morgan fingerprint density at radius 3 is 2.94 bits per heavy atom. The Hall–Kier alpha value is -2.17. The zero-order valence-corrected chi connectivity index (χ0v) is 8.22. The molecule has 1 atom stereocenters. The first-order chi connectivity index (χ1) is 7.68. The Kier molecular flexibility index (Phi) is 2.68. The van der Waals surface area contributed by atoms with Gasteiger partial charge in [-0.05, 0) is 30.5 Å². The fourth-order valence-corrected chi connectivity index (χ4v) is 1.49. The van der Waals surface area contributed by atoms with Gasteiger partial charge in [-0.3, -0.25) is 4.99 Å². The maximum Gasteiger partial charge on any atom is 0.336 e. The minimum Gasteiger partial charge on any atom is -0.478 e. The molecule has 2 N–H and O–H groups in total. The van der Waals surface area contributed by atoms with Gasteiger partial charge in [0.05, 0.1) is 5.56 Å². The first-order valence-corrected chi connectivity index (χ1v) is 4.65. The molecule has 1 aromatic carbocycles. The first-order valence-electron chi connectivity index (χ1n) is 4.65. The molecule has 1 aliphatic heterocycles. The highest BCUT2D eigenvalue weighted by Gasteiger charge is 2.18. The van der Waals surface area contributed by atoms with Crippen LogP contribution in [0, 0.1) is 5.82 Å². The molecule has 1 unspecified atom stereocenters. The number of carbonyl (C=O) groups is 1. The molecule has 0 aromatic heterocycles. The summed E-state index contributed by atoms with van der Waals surface area (Å²) in [4.78, 5) is 15.0. The van der Waals surface area contributed by atoms with E-state index >= 15 is 0 Å². The molecule has 0 fully saturated rings. The summed E-state index contributed by atoms with van der Waals surface area (Å²) >= 11 is 0. The van der Waals surface area contributed by atoms with E-state index in [9.17, 15) is 9.18 Å². The predicted molar refractivity (Wildman–Crippen MR) is 56.9 cm³/mol. The van der Waals surface area contributed by atoms with Crippen LogP contribution in [0.2, 0.25) is 0 Å². The van der Waals surface area contributed by atoms with Crippen LogP contribution in [0.5, 0.6) is 0 Å². The second kappa shape index (κ2) is 4.14. The Bertz CT molecular complexity index is 483. The number of aromatic carboxylic acids is 1. The quantitative estimate of drug-likeness (QED) is 0.797. The van der Waals surface area contributed by atoms with Crippen LogP contribution in [0.3, 0.4) is 0 Å². The number of hydrogen-bond acceptors (Lipinski definition) is 3. The van der Waals surface area contributed by atoms with Crippen molar-refractivity contribution in [2.24, 2.45) is 4.99 Å². The number of aliphatic imine (C=N–C) groups is 1. The van der Waals surface area contributed by atoms with Gasteiger partial charge in [0.1, 0.15) is 12.0 Å². The van der Waals surface area contributed by atoms with E-state index in [1.54, 1.807) is 12.3 Å². The van der Waals surface area contributed by atoms with Crippen molar-refractivity contribution in [1.82, 2.24) is 5.32 Å². The maximum absolute atomic E-state index is 13.1. The van der Waals surface area contributed by atoms with Crippen LogP contribution in [0.15, 0.2) is 35.5 Å². The fraction of sp³-hybridized carbons (Fsp3) is 0.0909. The molecule has 0 aliphatic carbocycles. The van der Waals surface area contributed by atoms with E-state index in [-0.39, 0.29) is 5.56 Å². The van der Waals surface area contributed by atoms with Gasteiger partial charge in [-0.15, -0.1) is 0 Å². The lowest BCUT2D eigenvalue weighted by Gasteiger charge is -2.17. The third-order valence-corrected chi connectivity index (χ3v) is 2.21. The number of benzene rings is 1. The third-order valence-electron chi connectivity index (χ3n) is 2.21. The summed E-state index contributed by atoms with van der Waals surface area (Å²) in [7, 11) is 0. The van der Waals surface area contributed by atoms with Crippen molar-refractivity contribution < 1.29 is 14.3 Å². The van der Waals surface area contributed by atoms with Gasteiger partial charge in [0.2, 0.25) is 0 Å². The maximum atomic E-state index is 13.1. The lowest BCUT2D eigenvalue weighted by molar-refractivity contribution is 0.0695. The molecule has 0 radical (unpaired) electrons. The molecule has 0 bridgehead atoms. The molecular formula is C11H9FN2O2. The van der Waals surface area contributed by atoms with Crippen LogP contribution < -0.4 is 5.32 Å². The van der Waals surface area contributed by atoms with Crippen LogP contribution in [-0.4, -0.2) is 17.3 Å². The zero-order valence-electron chi connectivity index (χ0n) is 8.22. The molecule has 16 heavy (non-hydrogen) atoms.